The van der Waals surface area contributed by atoms with Gasteiger partial charge in [-0.3, -0.25) is 4.79 Å². The number of hydrogen-bond donors (Lipinski definition) is 0. The Labute approximate surface area is 137 Å². The number of likely N-dealkylation sites (tertiary alicyclic amines) is 1. The summed E-state index contributed by atoms with van der Waals surface area (Å²) in [7, 11) is 2.16. The molecule has 120 valence electrons. The van der Waals surface area contributed by atoms with E-state index in [0.29, 0.717) is 24.9 Å². The van der Waals surface area contributed by atoms with Crippen molar-refractivity contribution in [2.45, 2.75) is 49.0 Å². The number of carbonyl (C=O) groups is 1. The number of ketones is 1. The number of ether oxygens (including phenoxy) is 1. The van der Waals surface area contributed by atoms with Crippen LogP contribution in [0.4, 0.5) is 0 Å². The number of likely N-dealkylation sites (N-methyl/N-ethyl adjacent to an activating group) is 1. The molecule has 22 heavy (non-hydrogen) atoms. The number of Topliss-reactive ketones (excluding diaryl/α,β-unsaturated/α-hetero) is 1. The van der Waals surface area contributed by atoms with Gasteiger partial charge in [-0.25, -0.2) is 0 Å². The highest BCUT2D eigenvalue weighted by molar-refractivity contribution is 7.98. The van der Waals surface area contributed by atoms with E-state index in [1.807, 2.05) is 6.92 Å². The molecule has 1 aromatic carbocycles. The fourth-order valence-corrected chi connectivity index (χ4v) is 4.75. The fraction of sp³-hybridized carbons (Fsp3) is 0.611. The molecule has 1 aliphatic carbocycles. The normalized spacial score (nSPS) is 28.7. The molecule has 0 aromatic heterocycles. The fourth-order valence-electron chi connectivity index (χ4n) is 4.18. The lowest BCUT2D eigenvalue weighted by Gasteiger charge is -2.41. The monoisotopic (exact) mass is 319 g/mol. The molecule has 0 unspecified atom stereocenters. The van der Waals surface area contributed by atoms with Crippen LogP contribution >= 0.6 is 11.8 Å². The standard InChI is InChI=1S/C18H25NO2S/c1-4-21-15-6-5-13(11-16(15)22-3)18-8-7-14(20)12-17(18)19(2)10-9-18/h5-6,11,17H,4,7-10,12H2,1-3H3/t17-,18-/m0/s1. The first-order valence-electron chi connectivity index (χ1n) is 8.14. The van der Waals surface area contributed by atoms with Gasteiger partial charge in [0.05, 0.1) is 6.61 Å². The third kappa shape index (κ3) is 2.56. The first-order chi connectivity index (χ1) is 10.6. The van der Waals surface area contributed by atoms with Gasteiger partial charge >= 0.3 is 0 Å². The summed E-state index contributed by atoms with van der Waals surface area (Å²) in [5, 5.41) is 0. The highest BCUT2D eigenvalue weighted by atomic mass is 32.2. The van der Waals surface area contributed by atoms with Crippen molar-refractivity contribution in [3.8, 4) is 5.75 Å². The summed E-state index contributed by atoms with van der Waals surface area (Å²) in [6.45, 7) is 3.79. The number of rotatable bonds is 4. The van der Waals surface area contributed by atoms with Crippen LogP contribution in [0.1, 0.15) is 38.2 Å². The minimum atomic E-state index is 0.151. The molecule has 1 saturated heterocycles. The van der Waals surface area contributed by atoms with Crippen LogP contribution in [-0.4, -0.2) is 43.2 Å². The molecule has 1 saturated carbocycles. The van der Waals surface area contributed by atoms with Gasteiger partial charge in [0.1, 0.15) is 11.5 Å². The van der Waals surface area contributed by atoms with Gasteiger partial charge in [-0.2, -0.15) is 0 Å². The lowest BCUT2D eigenvalue weighted by Crippen LogP contribution is -2.46. The van der Waals surface area contributed by atoms with Crippen molar-refractivity contribution in [2.24, 2.45) is 0 Å². The third-order valence-electron chi connectivity index (χ3n) is 5.39. The van der Waals surface area contributed by atoms with Gasteiger partial charge in [0.25, 0.3) is 0 Å². The van der Waals surface area contributed by atoms with Crippen molar-refractivity contribution in [1.29, 1.82) is 0 Å². The molecule has 0 radical (unpaired) electrons. The Hall–Kier alpha value is -1.00. The Morgan fingerprint density at radius 2 is 2.23 bits per heavy atom. The maximum atomic E-state index is 11.9. The average molecular weight is 319 g/mol. The van der Waals surface area contributed by atoms with Crippen LogP contribution in [0.5, 0.6) is 5.75 Å². The molecule has 3 nitrogen and oxygen atoms in total. The van der Waals surface area contributed by atoms with E-state index >= 15 is 0 Å². The molecular formula is C18H25NO2S. The Morgan fingerprint density at radius 1 is 1.41 bits per heavy atom. The molecule has 0 amide bonds. The molecule has 2 fully saturated rings. The second-order valence-electron chi connectivity index (χ2n) is 6.44. The van der Waals surface area contributed by atoms with E-state index < -0.39 is 0 Å². The Bertz CT molecular complexity index is 574. The van der Waals surface area contributed by atoms with E-state index in [1.165, 1.54) is 10.5 Å². The van der Waals surface area contributed by atoms with Crippen molar-refractivity contribution < 1.29 is 9.53 Å². The maximum Gasteiger partial charge on any atom is 0.134 e. The van der Waals surface area contributed by atoms with E-state index in [2.05, 4.69) is 36.4 Å². The smallest absolute Gasteiger partial charge is 0.134 e. The lowest BCUT2D eigenvalue weighted by molar-refractivity contribution is -0.122. The quantitative estimate of drug-likeness (QED) is 0.795. The molecule has 0 N–H and O–H groups in total. The highest BCUT2D eigenvalue weighted by Crippen LogP contribution is 2.48. The Morgan fingerprint density at radius 3 is 2.95 bits per heavy atom. The zero-order chi connectivity index (χ0) is 15.7. The van der Waals surface area contributed by atoms with Crippen LogP contribution in [-0.2, 0) is 10.2 Å². The van der Waals surface area contributed by atoms with Crippen molar-refractivity contribution in [2.75, 3.05) is 26.5 Å². The van der Waals surface area contributed by atoms with Gasteiger partial charge in [-0.1, -0.05) is 6.07 Å². The summed E-state index contributed by atoms with van der Waals surface area (Å²) in [6, 6.07) is 7.01. The maximum absolute atomic E-state index is 11.9. The molecule has 1 aliphatic heterocycles. The third-order valence-corrected chi connectivity index (χ3v) is 6.15. The van der Waals surface area contributed by atoms with Crippen LogP contribution < -0.4 is 4.74 Å². The summed E-state index contributed by atoms with van der Waals surface area (Å²) in [5.74, 6) is 1.40. The molecule has 2 aliphatic rings. The minimum Gasteiger partial charge on any atom is -0.493 e. The van der Waals surface area contributed by atoms with Gasteiger partial charge < -0.3 is 9.64 Å². The molecule has 0 bridgehead atoms. The molecule has 1 heterocycles. The SMILES string of the molecule is CCOc1ccc([C@@]23CCC(=O)C[C@@H]2N(C)CC3)cc1SC. The molecular weight excluding hydrogens is 294 g/mol. The van der Waals surface area contributed by atoms with E-state index in [9.17, 15) is 4.79 Å². The van der Waals surface area contributed by atoms with Crippen LogP contribution in [0.3, 0.4) is 0 Å². The summed E-state index contributed by atoms with van der Waals surface area (Å²) in [6.07, 6.45) is 5.68. The van der Waals surface area contributed by atoms with Crippen LogP contribution in [0.15, 0.2) is 23.1 Å². The van der Waals surface area contributed by atoms with Gasteiger partial charge in [0, 0.05) is 29.2 Å². The number of carbonyl (C=O) groups excluding carboxylic acids is 1. The van der Waals surface area contributed by atoms with Crippen molar-refractivity contribution in [3.63, 3.8) is 0 Å². The van der Waals surface area contributed by atoms with E-state index in [-0.39, 0.29) is 5.41 Å². The second-order valence-corrected chi connectivity index (χ2v) is 7.29. The van der Waals surface area contributed by atoms with Crippen molar-refractivity contribution in [1.82, 2.24) is 4.90 Å². The number of nitrogens with zero attached hydrogens (tertiary/aromatic N) is 1. The molecule has 1 aromatic rings. The van der Waals surface area contributed by atoms with Gasteiger partial charge in [0.2, 0.25) is 0 Å². The predicted molar refractivity (Wildman–Crippen MR) is 91.0 cm³/mol. The number of fused-ring (bicyclic) bond motifs is 1. The van der Waals surface area contributed by atoms with Crippen molar-refractivity contribution in [3.05, 3.63) is 23.8 Å². The summed E-state index contributed by atoms with van der Waals surface area (Å²) in [4.78, 5) is 15.5. The Kier molecular flexibility index (Phi) is 4.51. The Balaban J connectivity index is 1.99. The zero-order valence-corrected chi connectivity index (χ0v) is 14.5. The zero-order valence-electron chi connectivity index (χ0n) is 13.7. The first-order valence-corrected chi connectivity index (χ1v) is 9.36. The van der Waals surface area contributed by atoms with Gasteiger partial charge in [0.15, 0.2) is 0 Å². The van der Waals surface area contributed by atoms with Crippen molar-refractivity contribution >= 4 is 17.5 Å². The second kappa shape index (κ2) is 6.25. The number of benzene rings is 1. The molecule has 4 heteroatoms. The molecule has 0 spiro atoms. The van der Waals surface area contributed by atoms with Gasteiger partial charge in [-0.15, -0.1) is 11.8 Å². The molecule has 3 rings (SSSR count). The first kappa shape index (κ1) is 15.9. The van der Waals surface area contributed by atoms with E-state index in [0.717, 1.165) is 31.6 Å². The predicted octanol–water partition coefficient (Wildman–Crippen LogP) is 3.50. The summed E-state index contributed by atoms with van der Waals surface area (Å²) < 4.78 is 5.73. The lowest BCUT2D eigenvalue weighted by atomic mass is 9.66. The molecule has 2 atom stereocenters. The largest absolute Gasteiger partial charge is 0.493 e. The van der Waals surface area contributed by atoms with Crippen LogP contribution in [0, 0.1) is 0 Å². The number of hydrogen-bond acceptors (Lipinski definition) is 4. The van der Waals surface area contributed by atoms with Crippen LogP contribution in [0.25, 0.3) is 0 Å². The topological polar surface area (TPSA) is 29.5 Å². The minimum absolute atomic E-state index is 0.151. The number of thioether (sulfide) groups is 1. The summed E-state index contributed by atoms with van der Waals surface area (Å²) in [5.41, 5.74) is 1.54. The summed E-state index contributed by atoms with van der Waals surface area (Å²) >= 11 is 1.74. The van der Waals surface area contributed by atoms with E-state index in [4.69, 9.17) is 4.74 Å². The average Bonchev–Trinajstić information content (AvgIpc) is 2.86. The van der Waals surface area contributed by atoms with Gasteiger partial charge in [-0.05, 0) is 57.3 Å². The highest BCUT2D eigenvalue weighted by Gasteiger charge is 2.50. The van der Waals surface area contributed by atoms with Crippen LogP contribution in [0.2, 0.25) is 0 Å². The van der Waals surface area contributed by atoms with E-state index in [1.54, 1.807) is 11.8 Å².